The summed E-state index contributed by atoms with van der Waals surface area (Å²) in [6.45, 7) is 0. The van der Waals surface area contributed by atoms with E-state index in [-0.39, 0.29) is 9.90 Å². The third-order valence-corrected chi connectivity index (χ3v) is 0. The first-order valence-corrected chi connectivity index (χ1v) is 6.17. The Morgan fingerprint density at radius 3 is 1.12 bits per heavy atom. The highest BCUT2D eigenvalue weighted by Crippen LogP contribution is 2.51. The van der Waals surface area contributed by atoms with Crippen LogP contribution in [0.4, 0.5) is 0 Å². The molecule has 0 N–H and O–H groups in total. The Kier molecular flexibility index (Phi) is 34.6. The van der Waals surface area contributed by atoms with Gasteiger partial charge in [-0.05, 0) is 0 Å². The van der Waals surface area contributed by atoms with Crippen molar-refractivity contribution in [3.63, 3.8) is 0 Å². The lowest BCUT2D eigenvalue weighted by atomic mass is 16.0. The average molecular weight is 347 g/mol. The molecule has 0 aromatic rings. The van der Waals surface area contributed by atoms with Crippen molar-refractivity contribution in [1.29, 1.82) is 0 Å². The van der Waals surface area contributed by atoms with Gasteiger partial charge in [0.15, 0.2) is 5.98 Å². The van der Waals surface area contributed by atoms with Crippen molar-refractivity contribution >= 4 is 82.1 Å². The molecule has 0 aliphatic carbocycles. The molecule has 0 radical (unpaired) electrons. The van der Waals surface area contributed by atoms with Crippen LogP contribution in [0.2, 0.25) is 0 Å². The van der Waals surface area contributed by atoms with Crippen molar-refractivity contribution in [3.8, 4) is 0 Å². The van der Waals surface area contributed by atoms with E-state index >= 15 is 0 Å². The lowest BCUT2D eigenvalue weighted by Gasteiger charge is -1.68. The highest BCUT2D eigenvalue weighted by atomic mass is 79.9. The molecule has 0 saturated heterocycles. The Morgan fingerprint density at radius 2 is 1.12 bits per heavy atom. The molecule has 0 spiro atoms. The van der Waals surface area contributed by atoms with Crippen LogP contribution in [0.1, 0.15) is 0 Å². The van der Waals surface area contributed by atoms with E-state index in [1.165, 1.54) is 0 Å². The summed E-state index contributed by atoms with van der Waals surface area (Å²) in [6.07, 6.45) is 0. The summed E-state index contributed by atoms with van der Waals surface area (Å²) in [5.74, 6) is -1.20. The van der Waals surface area contributed by atoms with Gasteiger partial charge in [-0.1, -0.05) is 33.7 Å². The Labute approximate surface area is 84.4 Å². The average Bonchev–Trinajstić information content (AvgIpc) is 1.33. The van der Waals surface area contributed by atoms with Gasteiger partial charge in [0.05, 0.1) is 0 Å². The third kappa shape index (κ3) is 72.1. The normalized spacial score (nSPS) is 6.75. The summed E-state index contributed by atoms with van der Waals surface area (Å²) >= 11 is 19.7. The smallest absolute Gasteiger partial charge is 0.179 e. The van der Waals surface area contributed by atoms with Gasteiger partial charge < -0.3 is 0 Å². The van der Waals surface area contributed by atoms with E-state index in [2.05, 4.69) is 35.4 Å². The Bertz CT molecular complexity index is 26.5. The molecular weight excluding hydrogens is 344 g/mol. The summed E-state index contributed by atoms with van der Waals surface area (Å²) in [5, 5.41) is 0. The molecule has 1 nitrogen and oxygen atoms in total. The van der Waals surface area contributed by atoms with Gasteiger partial charge in [-0.2, -0.15) is 9.90 Å². The molecule has 1 atom stereocenters. The SMILES string of the molecule is BrOBr.ClP(Cl)Cl.P. The van der Waals surface area contributed by atoms with Crippen LogP contribution in [0.5, 0.6) is 0 Å². The molecule has 0 aliphatic heterocycles. The molecule has 0 heterocycles. The van der Waals surface area contributed by atoms with Crippen LogP contribution >= 0.6 is 82.1 Å². The highest BCUT2D eigenvalue weighted by molar-refractivity contribution is 9.18. The fourth-order valence-electron chi connectivity index (χ4n) is 0. The third-order valence-electron chi connectivity index (χ3n) is 0. The second-order valence-electron chi connectivity index (χ2n) is 0.250. The Balaban J connectivity index is -0.0000000575. The van der Waals surface area contributed by atoms with Gasteiger partial charge in [0.1, 0.15) is 32.5 Å². The standard InChI is InChI=1S/Br2O.Cl3P.H3P/c1-3-2;1-4(2)3;/h;;1H3. The monoisotopic (exact) mass is 344 g/mol. The van der Waals surface area contributed by atoms with Crippen molar-refractivity contribution < 1.29 is 2.92 Å². The van der Waals surface area contributed by atoms with Crippen molar-refractivity contribution in [1.82, 2.24) is 0 Å². The predicted octanol–water partition coefficient (Wildman–Crippen LogP) is 4.61. The van der Waals surface area contributed by atoms with E-state index in [1.807, 2.05) is 0 Å². The molecule has 8 heavy (non-hydrogen) atoms. The summed E-state index contributed by atoms with van der Waals surface area (Å²) < 4.78 is 3.88. The van der Waals surface area contributed by atoms with Crippen LogP contribution < -0.4 is 0 Å². The quantitative estimate of drug-likeness (QED) is 0.582. The summed E-state index contributed by atoms with van der Waals surface area (Å²) in [7, 11) is 0. The first kappa shape index (κ1) is 16.9. The predicted molar refractivity (Wildman–Crippen MR) is 54.5 cm³/mol. The van der Waals surface area contributed by atoms with E-state index in [9.17, 15) is 0 Å². The molecule has 0 bridgehead atoms. The zero-order chi connectivity index (χ0) is 6.28. The summed E-state index contributed by atoms with van der Waals surface area (Å²) in [6, 6.07) is 0. The summed E-state index contributed by atoms with van der Waals surface area (Å²) in [4.78, 5) is 0. The van der Waals surface area contributed by atoms with Gasteiger partial charge in [-0.25, -0.2) is 2.92 Å². The van der Waals surface area contributed by atoms with Crippen LogP contribution in [0, 0.1) is 0 Å². The molecule has 1 unspecified atom stereocenters. The first-order chi connectivity index (χ1) is 3.15. The molecular formula is H3Br2Cl3OP2. The number of hydrogen-bond acceptors (Lipinski definition) is 1. The number of halogens is 5. The fraction of sp³-hybridized carbons (Fsp3) is 0. The minimum absolute atomic E-state index is 0. The van der Waals surface area contributed by atoms with Gasteiger partial charge in [0.25, 0.3) is 0 Å². The fourth-order valence-corrected chi connectivity index (χ4v) is 0. The van der Waals surface area contributed by atoms with Crippen LogP contribution in [0.3, 0.4) is 0 Å². The second-order valence-corrected chi connectivity index (χ2v) is 6.75. The molecule has 0 fully saturated rings. The second kappa shape index (κ2) is 16.3. The van der Waals surface area contributed by atoms with Crippen LogP contribution in [0.25, 0.3) is 0 Å². The van der Waals surface area contributed by atoms with E-state index in [4.69, 9.17) is 33.7 Å². The molecule has 8 heteroatoms. The molecule has 0 amide bonds. The Morgan fingerprint density at radius 1 is 1.12 bits per heavy atom. The van der Waals surface area contributed by atoms with E-state index in [0.29, 0.717) is 0 Å². The molecule has 0 saturated carbocycles. The maximum atomic E-state index is 4.87. The lowest BCUT2D eigenvalue weighted by Crippen LogP contribution is -1.10. The minimum Gasteiger partial charge on any atom is -0.230 e. The molecule has 0 aromatic carbocycles. The van der Waals surface area contributed by atoms with Crippen molar-refractivity contribution in [2.45, 2.75) is 0 Å². The van der Waals surface area contributed by atoms with Crippen LogP contribution in [-0.2, 0) is 2.92 Å². The molecule has 0 aliphatic rings. The molecule has 54 valence electrons. The lowest BCUT2D eigenvalue weighted by molar-refractivity contribution is 0.838. The number of hydrogen-bond donors (Lipinski definition) is 0. The van der Waals surface area contributed by atoms with E-state index in [0.717, 1.165) is 0 Å². The van der Waals surface area contributed by atoms with Crippen molar-refractivity contribution in [2.75, 3.05) is 0 Å². The minimum atomic E-state index is -1.20. The van der Waals surface area contributed by atoms with Crippen LogP contribution in [-0.4, -0.2) is 0 Å². The van der Waals surface area contributed by atoms with E-state index in [1.54, 1.807) is 0 Å². The molecule has 0 aromatic heterocycles. The van der Waals surface area contributed by atoms with Gasteiger partial charge in [0.2, 0.25) is 0 Å². The van der Waals surface area contributed by atoms with Gasteiger partial charge in [-0.3, -0.25) is 0 Å². The zero-order valence-corrected chi connectivity index (χ0v) is 11.2. The molecule has 0 rings (SSSR count). The first-order valence-electron chi connectivity index (χ1n) is 0.816. The van der Waals surface area contributed by atoms with Crippen LogP contribution in [0.15, 0.2) is 0 Å². The highest BCUT2D eigenvalue weighted by Gasteiger charge is 1.80. The van der Waals surface area contributed by atoms with Gasteiger partial charge in [0, 0.05) is 0 Å². The largest absolute Gasteiger partial charge is 0.230 e. The van der Waals surface area contributed by atoms with E-state index < -0.39 is 5.98 Å². The van der Waals surface area contributed by atoms with Gasteiger partial charge >= 0.3 is 0 Å². The zero-order valence-electron chi connectivity index (χ0n) is 3.45. The maximum Gasteiger partial charge on any atom is 0.179 e. The van der Waals surface area contributed by atoms with Gasteiger partial charge in [-0.15, -0.1) is 0 Å². The van der Waals surface area contributed by atoms with Crippen molar-refractivity contribution in [3.05, 3.63) is 0 Å². The number of rotatable bonds is 0. The van der Waals surface area contributed by atoms with Crippen molar-refractivity contribution in [2.24, 2.45) is 0 Å². The topological polar surface area (TPSA) is 9.23 Å². The summed E-state index contributed by atoms with van der Waals surface area (Å²) in [5.41, 5.74) is 0. The Hall–Kier alpha value is 2.65. The maximum absolute atomic E-state index is 4.87.